The number of rotatable bonds is 5. The van der Waals surface area contributed by atoms with Crippen LogP contribution in [-0.2, 0) is 14.8 Å². The van der Waals surface area contributed by atoms with Crippen molar-refractivity contribution < 1.29 is 22.7 Å². The molecule has 5 nitrogen and oxygen atoms in total. The number of anilines is 1. The van der Waals surface area contributed by atoms with Crippen LogP contribution < -0.4 is 4.72 Å². The lowest BCUT2D eigenvalue weighted by Gasteiger charge is -2.06. The van der Waals surface area contributed by atoms with Crippen LogP contribution >= 0.6 is 0 Å². The maximum absolute atomic E-state index is 12.5. The van der Waals surface area contributed by atoms with Crippen LogP contribution in [0.4, 0.5) is 10.1 Å². The maximum Gasteiger partial charge on any atom is 0.304 e. The van der Waals surface area contributed by atoms with Gasteiger partial charge in [-0.15, -0.1) is 0 Å². The average molecular weight is 247 g/mol. The fourth-order valence-electron chi connectivity index (χ4n) is 0.970. The number of benzene rings is 1. The van der Waals surface area contributed by atoms with Gasteiger partial charge in [0.15, 0.2) is 0 Å². The Morgan fingerprint density at radius 1 is 1.31 bits per heavy atom. The van der Waals surface area contributed by atoms with Gasteiger partial charge in [0, 0.05) is 5.69 Å². The Labute approximate surface area is 92.0 Å². The van der Waals surface area contributed by atoms with Gasteiger partial charge < -0.3 is 5.11 Å². The lowest BCUT2D eigenvalue weighted by molar-refractivity contribution is -0.136. The van der Waals surface area contributed by atoms with E-state index in [1.54, 1.807) is 0 Å². The van der Waals surface area contributed by atoms with Crippen LogP contribution in [0.15, 0.2) is 24.3 Å². The van der Waals surface area contributed by atoms with Crippen LogP contribution in [-0.4, -0.2) is 25.2 Å². The molecule has 16 heavy (non-hydrogen) atoms. The number of nitrogens with one attached hydrogen (secondary N) is 1. The second-order valence-electron chi connectivity index (χ2n) is 3.07. The Balaban J connectivity index is 2.65. The third-order valence-electron chi connectivity index (χ3n) is 1.70. The molecule has 7 heteroatoms. The van der Waals surface area contributed by atoms with Gasteiger partial charge in [-0.2, -0.15) is 0 Å². The van der Waals surface area contributed by atoms with Crippen molar-refractivity contribution in [3.63, 3.8) is 0 Å². The van der Waals surface area contributed by atoms with Gasteiger partial charge in [0.2, 0.25) is 10.0 Å². The summed E-state index contributed by atoms with van der Waals surface area (Å²) < 4.78 is 37.3. The number of hydrogen-bond acceptors (Lipinski definition) is 3. The van der Waals surface area contributed by atoms with E-state index >= 15 is 0 Å². The lowest BCUT2D eigenvalue weighted by Crippen LogP contribution is -2.18. The molecule has 88 valence electrons. The van der Waals surface area contributed by atoms with Crippen molar-refractivity contribution in [3.05, 3.63) is 30.1 Å². The van der Waals surface area contributed by atoms with Crippen LogP contribution in [0.25, 0.3) is 0 Å². The van der Waals surface area contributed by atoms with Gasteiger partial charge in [-0.05, 0) is 24.3 Å². The van der Waals surface area contributed by atoms with Crippen LogP contribution in [0.3, 0.4) is 0 Å². The zero-order valence-corrected chi connectivity index (χ0v) is 9.00. The minimum atomic E-state index is -3.70. The maximum atomic E-state index is 12.5. The number of hydrogen-bond donors (Lipinski definition) is 2. The van der Waals surface area contributed by atoms with Gasteiger partial charge in [0.25, 0.3) is 0 Å². The zero-order chi connectivity index (χ0) is 12.2. The summed E-state index contributed by atoms with van der Waals surface area (Å²) in [5.41, 5.74) is 0.201. The molecule has 0 radical (unpaired) electrons. The third kappa shape index (κ3) is 4.26. The Morgan fingerprint density at radius 2 is 1.88 bits per heavy atom. The molecule has 0 amide bonds. The summed E-state index contributed by atoms with van der Waals surface area (Å²) in [6.45, 7) is 0. The van der Waals surface area contributed by atoms with E-state index in [2.05, 4.69) is 4.72 Å². The molecule has 0 spiro atoms. The van der Waals surface area contributed by atoms with E-state index in [0.29, 0.717) is 0 Å². The van der Waals surface area contributed by atoms with Crippen molar-refractivity contribution in [1.29, 1.82) is 0 Å². The van der Waals surface area contributed by atoms with Gasteiger partial charge in [-0.3, -0.25) is 9.52 Å². The minimum Gasteiger partial charge on any atom is -0.481 e. The van der Waals surface area contributed by atoms with E-state index in [9.17, 15) is 17.6 Å². The summed E-state index contributed by atoms with van der Waals surface area (Å²) in [5.74, 6) is -2.18. The second-order valence-corrected chi connectivity index (χ2v) is 4.91. The first-order chi connectivity index (χ1) is 7.39. The molecule has 0 aromatic heterocycles. The van der Waals surface area contributed by atoms with Crippen LogP contribution in [0.2, 0.25) is 0 Å². The summed E-state index contributed by atoms with van der Waals surface area (Å²) in [5, 5.41) is 8.34. The Kier molecular flexibility index (Phi) is 3.83. The molecule has 0 atom stereocenters. The first kappa shape index (κ1) is 12.4. The standard InChI is InChI=1S/C9H10FNO4S/c10-7-1-3-8(4-2-7)11-16(14,15)6-5-9(12)13/h1-4,11H,5-6H2,(H,12,13). The lowest BCUT2D eigenvalue weighted by atomic mass is 10.3. The largest absolute Gasteiger partial charge is 0.481 e. The fraction of sp³-hybridized carbons (Fsp3) is 0.222. The van der Waals surface area contributed by atoms with E-state index in [0.717, 1.165) is 12.1 Å². The van der Waals surface area contributed by atoms with Crippen LogP contribution in [0.1, 0.15) is 6.42 Å². The Hall–Kier alpha value is -1.63. The van der Waals surface area contributed by atoms with Crippen LogP contribution in [0, 0.1) is 5.82 Å². The quantitative estimate of drug-likeness (QED) is 0.814. The van der Waals surface area contributed by atoms with Crippen molar-refractivity contribution in [1.82, 2.24) is 0 Å². The van der Waals surface area contributed by atoms with E-state index in [-0.39, 0.29) is 5.69 Å². The second kappa shape index (κ2) is 4.93. The number of carboxylic acids is 1. The van der Waals surface area contributed by atoms with Crippen molar-refractivity contribution in [2.24, 2.45) is 0 Å². The molecule has 0 heterocycles. The molecule has 1 aromatic rings. The molecule has 0 unspecified atom stereocenters. The minimum absolute atomic E-state index is 0.201. The van der Waals surface area contributed by atoms with Crippen molar-refractivity contribution in [2.75, 3.05) is 10.5 Å². The molecule has 0 aliphatic rings. The first-order valence-electron chi connectivity index (χ1n) is 4.37. The number of carboxylic acid groups (broad SMARTS) is 1. The highest BCUT2D eigenvalue weighted by molar-refractivity contribution is 7.92. The zero-order valence-electron chi connectivity index (χ0n) is 8.18. The van der Waals surface area contributed by atoms with E-state index in [1.807, 2.05) is 0 Å². The molecule has 0 fully saturated rings. The highest BCUT2D eigenvalue weighted by Crippen LogP contribution is 2.10. The molecule has 1 rings (SSSR count). The summed E-state index contributed by atoms with van der Waals surface area (Å²) >= 11 is 0. The summed E-state index contributed by atoms with van der Waals surface area (Å²) in [6.07, 6.45) is -0.476. The SMILES string of the molecule is O=C(O)CCS(=O)(=O)Nc1ccc(F)cc1. The van der Waals surface area contributed by atoms with Gasteiger partial charge in [0.1, 0.15) is 5.82 Å². The van der Waals surface area contributed by atoms with Gasteiger partial charge in [-0.1, -0.05) is 0 Å². The highest BCUT2D eigenvalue weighted by atomic mass is 32.2. The molecular weight excluding hydrogens is 237 g/mol. The normalized spacial score (nSPS) is 11.1. The van der Waals surface area contributed by atoms with Crippen molar-refractivity contribution in [3.8, 4) is 0 Å². The number of carbonyl (C=O) groups is 1. The Morgan fingerprint density at radius 3 is 2.38 bits per heavy atom. The van der Waals surface area contributed by atoms with E-state index in [1.165, 1.54) is 12.1 Å². The number of halogens is 1. The van der Waals surface area contributed by atoms with E-state index < -0.39 is 34.0 Å². The Bertz CT molecular complexity index is 469. The average Bonchev–Trinajstić information content (AvgIpc) is 2.19. The molecule has 1 aromatic carbocycles. The highest BCUT2D eigenvalue weighted by Gasteiger charge is 2.12. The molecule has 0 saturated carbocycles. The van der Waals surface area contributed by atoms with Crippen molar-refractivity contribution in [2.45, 2.75) is 6.42 Å². The van der Waals surface area contributed by atoms with Crippen LogP contribution in [0.5, 0.6) is 0 Å². The summed E-state index contributed by atoms with van der Waals surface area (Å²) in [4.78, 5) is 10.2. The molecule has 0 aliphatic carbocycles. The monoisotopic (exact) mass is 247 g/mol. The smallest absolute Gasteiger partial charge is 0.304 e. The summed E-state index contributed by atoms with van der Waals surface area (Å²) in [6, 6.07) is 4.73. The number of sulfonamides is 1. The van der Waals surface area contributed by atoms with Gasteiger partial charge in [0.05, 0.1) is 12.2 Å². The molecule has 0 bridgehead atoms. The van der Waals surface area contributed by atoms with Crippen molar-refractivity contribution >= 4 is 21.7 Å². The number of aliphatic carboxylic acids is 1. The molecule has 0 aliphatic heterocycles. The van der Waals surface area contributed by atoms with Gasteiger partial charge >= 0.3 is 5.97 Å². The summed E-state index contributed by atoms with van der Waals surface area (Å²) in [7, 11) is -3.70. The molecular formula is C9H10FNO4S. The third-order valence-corrected chi connectivity index (χ3v) is 2.99. The predicted octanol–water partition coefficient (Wildman–Crippen LogP) is 1.04. The fourth-order valence-corrected chi connectivity index (χ4v) is 2.01. The van der Waals surface area contributed by atoms with E-state index in [4.69, 9.17) is 5.11 Å². The molecule has 2 N–H and O–H groups in total. The van der Waals surface area contributed by atoms with Gasteiger partial charge in [-0.25, -0.2) is 12.8 Å². The first-order valence-corrected chi connectivity index (χ1v) is 6.02. The predicted molar refractivity (Wildman–Crippen MR) is 56.1 cm³/mol. The topological polar surface area (TPSA) is 83.5 Å². The molecule has 0 saturated heterocycles.